The van der Waals surface area contributed by atoms with Crippen LogP contribution in [0.25, 0.3) is 0 Å². The molecule has 100 valence electrons. The van der Waals surface area contributed by atoms with Gasteiger partial charge in [0, 0.05) is 18.7 Å². The fourth-order valence-corrected chi connectivity index (χ4v) is 1.95. The molecule has 0 aliphatic heterocycles. The van der Waals surface area contributed by atoms with E-state index in [4.69, 9.17) is 0 Å². The minimum atomic E-state index is 0.0169. The molecule has 0 fully saturated rings. The first-order valence-corrected chi connectivity index (χ1v) is 6.56. The summed E-state index contributed by atoms with van der Waals surface area (Å²) in [5.41, 5.74) is 2.44. The van der Waals surface area contributed by atoms with E-state index in [1.807, 2.05) is 29.9 Å². The number of nitrogens with one attached hydrogen (secondary N) is 1. The van der Waals surface area contributed by atoms with E-state index in [9.17, 15) is 4.79 Å². The van der Waals surface area contributed by atoms with Crippen molar-refractivity contribution >= 4 is 11.7 Å². The number of anilines is 1. The van der Waals surface area contributed by atoms with E-state index >= 15 is 0 Å². The first-order chi connectivity index (χ1) is 9.17. The first-order valence-electron chi connectivity index (χ1n) is 6.56. The van der Waals surface area contributed by atoms with Crippen LogP contribution in [0.2, 0.25) is 0 Å². The largest absolute Gasteiger partial charge is 0.309 e. The van der Waals surface area contributed by atoms with Gasteiger partial charge >= 0.3 is 0 Å². The number of amides is 1. The Morgan fingerprint density at radius 1 is 1.37 bits per heavy atom. The predicted octanol–water partition coefficient (Wildman–Crippen LogP) is 2.98. The van der Waals surface area contributed by atoms with Crippen LogP contribution in [0.4, 0.5) is 5.82 Å². The van der Waals surface area contributed by atoms with E-state index in [0.717, 1.165) is 6.42 Å². The molecule has 2 aromatic rings. The van der Waals surface area contributed by atoms with Gasteiger partial charge in [-0.1, -0.05) is 36.8 Å². The number of carbonyl (C=O) groups is 1. The highest BCUT2D eigenvalue weighted by Gasteiger charge is 2.04. The molecular formula is C15H19N3O. The zero-order chi connectivity index (χ0) is 13.7. The number of hydrogen-bond donors (Lipinski definition) is 1. The van der Waals surface area contributed by atoms with Crippen molar-refractivity contribution in [1.29, 1.82) is 0 Å². The predicted molar refractivity (Wildman–Crippen MR) is 76.0 cm³/mol. The molecule has 0 bridgehead atoms. The Labute approximate surface area is 113 Å². The van der Waals surface area contributed by atoms with Gasteiger partial charge in [-0.2, -0.15) is 5.10 Å². The third-order valence-electron chi connectivity index (χ3n) is 2.81. The molecule has 0 aliphatic carbocycles. The monoisotopic (exact) mass is 257 g/mol. The van der Waals surface area contributed by atoms with Gasteiger partial charge in [-0.05, 0) is 18.9 Å². The Morgan fingerprint density at radius 3 is 2.95 bits per heavy atom. The molecule has 0 spiro atoms. The molecule has 0 atom stereocenters. The van der Waals surface area contributed by atoms with E-state index < -0.39 is 0 Å². The van der Waals surface area contributed by atoms with Gasteiger partial charge in [0.05, 0.1) is 6.54 Å². The summed E-state index contributed by atoms with van der Waals surface area (Å²) in [5, 5.41) is 7.13. The van der Waals surface area contributed by atoms with Crippen molar-refractivity contribution in [3.05, 3.63) is 47.7 Å². The average Bonchev–Trinajstić information content (AvgIpc) is 2.76. The van der Waals surface area contributed by atoms with E-state index in [1.165, 1.54) is 11.1 Å². The third kappa shape index (κ3) is 3.95. The molecule has 1 N–H and O–H groups in total. The summed E-state index contributed by atoms with van der Waals surface area (Å²) in [6.07, 6.45) is 3.25. The SMILES string of the molecule is CCCC(=O)Nc1ccn(Cc2cccc(C)c2)n1. The van der Waals surface area contributed by atoms with E-state index in [2.05, 4.69) is 35.5 Å². The van der Waals surface area contributed by atoms with Crippen LogP contribution in [0, 0.1) is 6.92 Å². The minimum absolute atomic E-state index is 0.0169. The molecule has 0 unspecified atom stereocenters. The fourth-order valence-electron chi connectivity index (χ4n) is 1.95. The van der Waals surface area contributed by atoms with Crippen LogP contribution in [0.3, 0.4) is 0 Å². The van der Waals surface area contributed by atoms with Gasteiger partial charge in [0.25, 0.3) is 0 Å². The smallest absolute Gasteiger partial charge is 0.225 e. The fraction of sp³-hybridized carbons (Fsp3) is 0.333. The van der Waals surface area contributed by atoms with Gasteiger partial charge < -0.3 is 5.32 Å². The minimum Gasteiger partial charge on any atom is -0.309 e. The molecular weight excluding hydrogens is 238 g/mol. The second-order valence-corrected chi connectivity index (χ2v) is 4.69. The van der Waals surface area contributed by atoms with Gasteiger partial charge in [0.2, 0.25) is 5.91 Å². The maximum atomic E-state index is 11.5. The molecule has 1 amide bonds. The molecule has 1 aromatic heterocycles. The maximum Gasteiger partial charge on any atom is 0.225 e. The standard InChI is InChI=1S/C15H19N3O/c1-3-5-15(19)16-14-8-9-18(17-14)11-13-7-4-6-12(2)10-13/h4,6-10H,3,5,11H2,1-2H3,(H,16,17,19). The zero-order valence-electron chi connectivity index (χ0n) is 11.4. The summed E-state index contributed by atoms with van der Waals surface area (Å²) >= 11 is 0. The van der Waals surface area contributed by atoms with Crippen molar-refractivity contribution in [3.63, 3.8) is 0 Å². The highest BCUT2D eigenvalue weighted by atomic mass is 16.1. The van der Waals surface area contributed by atoms with Crippen LogP contribution < -0.4 is 5.32 Å². The van der Waals surface area contributed by atoms with E-state index in [-0.39, 0.29) is 5.91 Å². The molecule has 0 saturated heterocycles. The quantitative estimate of drug-likeness (QED) is 0.895. The van der Waals surface area contributed by atoms with Crippen LogP contribution in [0.1, 0.15) is 30.9 Å². The third-order valence-corrected chi connectivity index (χ3v) is 2.81. The zero-order valence-corrected chi connectivity index (χ0v) is 11.4. The number of nitrogens with zero attached hydrogens (tertiary/aromatic N) is 2. The second kappa shape index (κ2) is 6.18. The summed E-state index contributed by atoms with van der Waals surface area (Å²) in [6, 6.07) is 10.1. The summed E-state index contributed by atoms with van der Waals surface area (Å²) < 4.78 is 1.83. The van der Waals surface area contributed by atoms with Crippen LogP contribution in [0.15, 0.2) is 36.5 Å². The number of benzene rings is 1. The number of hydrogen-bond acceptors (Lipinski definition) is 2. The highest BCUT2D eigenvalue weighted by Crippen LogP contribution is 2.08. The maximum absolute atomic E-state index is 11.5. The summed E-state index contributed by atoms with van der Waals surface area (Å²) in [7, 11) is 0. The average molecular weight is 257 g/mol. The molecule has 4 heteroatoms. The topological polar surface area (TPSA) is 46.9 Å². The van der Waals surface area contributed by atoms with Crippen LogP contribution in [-0.4, -0.2) is 15.7 Å². The molecule has 0 radical (unpaired) electrons. The van der Waals surface area contributed by atoms with Gasteiger partial charge in [-0.15, -0.1) is 0 Å². The Morgan fingerprint density at radius 2 is 2.21 bits per heavy atom. The molecule has 4 nitrogen and oxygen atoms in total. The van der Waals surface area contributed by atoms with Gasteiger partial charge in [0.1, 0.15) is 0 Å². The lowest BCUT2D eigenvalue weighted by Crippen LogP contribution is -2.11. The first kappa shape index (κ1) is 13.3. The molecule has 0 saturated carbocycles. The lowest BCUT2D eigenvalue weighted by atomic mass is 10.1. The molecule has 19 heavy (non-hydrogen) atoms. The van der Waals surface area contributed by atoms with Crippen molar-refractivity contribution in [3.8, 4) is 0 Å². The Hall–Kier alpha value is -2.10. The lowest BCUT2D eigenvalue weighted by Gasteiger charge is -2.03. The van der Waals surface area contributed by atoms with Crippen LogP contribution in [-0.2, 0) is 11.3 Å². The van der Waals surface area contributed by atoms with Crippen LogP contribution in [0.5, 0.6) is 0 Å². The lowest BCUT2D eigenvalue weighted by molar-refractivity contribution is -0.116. The molecule has 0 aliphatic rings. The van der Waals surface area contributed by atoms with Gasteiger partial charge in [0.15, 0.2) is 5.82 Å². The Balaban J connectivity index is 1.99. The summed E-state index contributed by atoms with van der Waals surface area (Å²) in [5.74, 6) is 0.634. The van der Waals surface area contributed by atoms with Crippen LogP contribution >= 0.6 is 0 Å². The van der Waals surface area contributed by atoms with Gasteiger partial charge in [-0.25, -0.2) is 0 Å². The van der Waals surface area contributed by atoms with Crippen molar-refractivity contribution in [1.82, 2.24) is 9.78 Å². The van der Waals surface area contributed by atoms with Crippen molar-refractivity contribution < 1.29 is 4.79 Å². The number of aryl methyl sites for hydroxylation is 1. The highest BCUT2D eigenvalue weighted by molar-refractivity contribution is 5.89. The van der Waals surface area contributed by atoms with Crippen molar-refractivity contribution in [2.24, 2.45) is 0 Å². The van der Waals surface area contributed by atoms with E-state index in [0.29, 0.717) is 18.8 Å². The molecule has 1 aromatic carbocycles. The van der Waals surface area contributed by atoms with Crippen molar-refractivity contribution in [2.45, 2.75) is 33.2 Å². The summed E-state index contributed by atoms with van der Waals surface area (Å²) in [4.78, 5) is 11.5. The molecule has 2 rings (SSSR count). The Kier molecular flexibility index (Phi) is 4.34. The number of rotatable bonds is 5. The Bertz CT molecular complexity index is 560. The molecule has 1 heterocycles. The second-order valence-electron chi connectivity index (χ2n) is 4.69. The van der Waals surface area contributed by atoms with Crippen molar-refractivity contribution in [2.75, 3.05) is 5.32 Å². The van der Waals surface area contributed by atoms with E-state index in [1.54, 1.807) is 0 Å². The van der Waals surface area contributed by atoms with Gasteiger partial charge in [-0.3, -0.25) is 9.48 Å². The number of aromatic nitrogens is 2. The summed E-state index contributed by atoms with van der Waals surface area (Å²) in [6.45, 7) is 4.77. The normalized spacial score (nSPS) is 10.4. The number of carbonyl (C=O) groups excluding carboxylic acids is 1.